The first-order valence-corrected chi connectivity index (χ1v) is 7.24. The number of carbonyl (C=O) groups excluding carboxylic acids is 1. The minimum Gasteiger partial charge on any atom is -0.378 e. The second kappa shape index (κ2) is 6.05. The van der Waals surface area contributed by atoms with Gasteiger partial charge in [-0.1, -0.05) is 0 Å². The van der Waals surface area contributed by atoms with Gasteiger partial charge in [0.25, 0.3) is 0 Å². The van der Waals surface area contributed by atoms with Gasteiger partial charge in [0, 0.05) is 18.5 Å². The Labute approximate surface area is 108 Å². The molecule has 1 saturated heterocycles. The van der Waals surface area contributed by atoms with Crippen molar-refractivity contribution in [3.05, 3.63) is 0 Å². The Kier molecular flexibility index (Phi) is 4.69. The molecule has 2 rings (SSSR count). The average Bonchev–Trinajstić information content (AvgIpc) is 2.67. The van der Waals surface area contributed by atoms with Gasteiger partial charge in [-0.05, 0) is 39.0 Å². The van der Waals surface area contributed by atoms with Gasteiger partial charge in [-0.3, -0.25) is 4.79 Å². The minimum atomic E-state index is 0.0842. The molecule has 0 aromatic carbocycles. The van der Waals surface area contributed by atoms with Gasteiger partial charge in [0.2, 0.25) is 5.91 Å². The zero-order valence-corrected chi connectivity index (χ0v) is 11.3. The molecule has 2 aliphatic rings. The smallest absolute Gasteiger partial charge is 0.228 e. The highest BCUT2D eigenvalue weighted by Gasteiger charge is 2.35. The van der Waals surface area contributed by atoms with Gasteiger partial charge in [-0.15, -0.1) is 11.6 Å². The summed E-state index contributed by atoms with van der Waals surface area (Å²) in [6.45, 7) is 3.46. The van der Waals surface area contributed by atoms with Crippen LogP contribution in [0.5, 0.6) is 0 Å². The predicted molar refractivity (Wildman–Crippen MR) is 68.2 cm³/mol. The van der Waals surface area contributed by atoms with Crippen LogP contribution in [0.15, 0.2) is 0 Å². The van der Waals surface area contributed by atoms with E-state index < -0.39 is 0 Å². The van der Waals surface area contributed by atoms with Crippen LogP contribution in [-0.2, 0) is 9.53 Å². The van der Waals surface area contributed by atoms with E-state index in [9.17, 15) is 4.79 Å². The molecular weight excluding hydrogens is 238 g/mol. The van der Waals surface area contributed by atoms with Gasteiger partial charge < -0.3 is 9.64 Å². The molecule has 0 radical (unpaired) electrons. The zero-order valence-electron chi connectivity index (χ0n) is 10.5. The van der Waals surface area contributed by atoms with Crippen molar-refractivity contribution >= 4 is 17.5 Å². The van der Waals surface area contributed by atoms with E-state index in [0.29, 0.717) is 24.4 Å². The summed E-state index contributed by atoms with van der Waals surface area (Å²) in [6, 6.07) is 0.474. The summed E-state index contributed by atoms with van der Waals surface area (Å²) in [5.74, 6) is 1.01. The molecule has 98 valence electrons. The Hall–Kier alpha value is -0.280. The van der Waals surface area contributed by atoms with Crippen molar-refractivity contribution in [3.63, 3.8) is 0 Å². The summed E-state index contributed by atoms with van der Waals surface area (Å²) in [7, 11) is 0. The summed E-state index contributed by atoms with van der Waals surface area (Å²) in [5, 5.41) is 0. The lowest BCUT2D eigenvalue weighted by atomic mass is 9.90. The number of hydrogen-bond acceptors (Lipinski definition) is 2. The van der Waals surface area contributed by atoms with Crippen molar-refractivity contribution in [1.29, 1.82) is 0 Å². The summed E-state index contributed by atoms with van der Waals surface area (Å²) in [6.07, 6.45) is 5.59. The molecule has 2 unspecified atom stereocenters. The van der Waals surface area contributed by atoms with E-state index in [-0.39, 0.29) is 12.0 Å². The van der Waals surface area contributed by atoms with E-state index in [0.717, 1.165) is 32.2 Å². The van der Waals surface area contributed by atoms with Crippen molar-refractivity contribution in [3.8, 4) is 0 Å². The third-order valence-corrected chi connectivity index (χ3v) is 4.15. The SMILES string of the molecule is CC1CC(C(=O)N(CCCCl)C2CCC2)CO1. The second-order valence-corrected chi connectivity index (χ2v) is 5.61. The molecule has 0 aromatic rings. The summed E-state index contributed by atoms with van der Waals surface area (Å²) in [4.78, 5) is 14.5. The topological polar surface area (TPSA) is 29.5 Å². The monoisotopic (exact) mass is 259 g/mol. The molecule has 0 spiro atoms. The van der Waals surface area contributed by atoms with Crippen molar-refractivity contribution < 1.29 is 9.53 Å². The maximum absolute atomic E-state index is 12.4. The molecule has 2 fully saturated rings. The van der Waals surface area contributed by atoms with Gasteiger partial charge in [0.05, 0.1) is 18.6 Å². The van der Waals surface area contributed by atoms with E-state index in [4.69, 9.17) is 16.3 Å². The Balaban J connectivity index is 1.91. The Morgan fingerprint density at radius 3 is 2.71 bits per heavy atom. The number of rotatable bonds is 5. The van der Waals surface area contributed by atoms with Crippen LogP contribution in [0, 0.1) is 5.92 Å². The minimum absolute atomic E-state index is 0.0842. The van der Waals surface area contributed by atoms with Gasteiger partial charge in [-0.25, -0.2) is 0 Å². The van der Waals surface area contributed by atoms with Crippen molar-refractivity contribution in [2.45, 2.75) is 51.2 Å². The summed E-state index contributed by atoms with van der Waals surface area (Å²) in [5.41, 5.74) is 0. The summed E-state index contributed by atoms with van der Waals surface area (Å²) < 4.78 is 5.50. The molecule has 1 aliphatic carbocycles. The van der Waals surface area contributed by atoms with Gasteiger partial charge >= 0.3 is 0 Å². The highest BCUT2D eigenvalue weighted by atomic mass is 35.5. The average molecular weight is 260 g/mol. The van der Waals surface area contributed by atoms with Crippen LogP contribution in [0.25, 0.3) is 0 Å². The van der Waals surface area contributed by atoms with Gasteiger partial charge in [-0.2, -0.15) is 0 Å². The van der Waals surface area contributed by atoms with Crippen LogP contribution in [0.1, 0.15) is 39.0 Å². The van der Waals surface area contributed by atoms with Crippen LogP contribution in [0.3, 0.4) is 0 Å². The molecule has 1 amide bonds. The third-order valence-electron chi connectivity index (χ3n) is 3.88. The first-order chi connectivity index (χ1) is 8.22. The van der Waals surface area contributed by atoms with E-state index in [1.807, 2.05) is 6.92 Å². The van der Waals surface area contributed by atoms with Crippen LogP contribution in [-0.4, -0.2) is 42.0 Å². The first kappa shape index (κ1) is 13.2. The maximum atomic E-state index is 12.4. The van der Waals surface area contributed by atoms with Gasteiger partial charge in [0.1, 0.15) is 0 Å². The maximum Gasteiger partial charge on any atom is 0.228 e. The molecule has 1 heterocycles. The number of halogens is 1. The molecule has 4 heteroatoms. The number of nitrogens with zero attached hydrogens (tertiary/aromatic N) is 1. The molecule has 0 N–H and O–H groups in total. The molecule has 2 atom stereocenters. The fourth-order valence-corrected chi connectivity index (χ4v) is 2.74. The fourth-order valence-electron chi connectivity index (χ4n) is 2.62. The quantitative estimate of drug-likeness (QED) is 0.710. The number of ether oxygens (including phenoxy) is 1. The Bertz CT molecular complexity index is 268. The Morgan fingerprint density at radius 2 is 2.24 bits per heavy atom. The first-order valence-electron chi connectivity index (χ1n) is 6.70. The highest BCUT2D eigenvalue weighted by Crippen LogP contribution is 2.29. The Morgan fingerprint density at radius 1 is 1.47 bits per heavy atom. The fraction of sp³-hybridized carbons (Fsp3) is 0.923. The van der Waals surface area contributed by atoms with Crippen LogP contribution in [0.4, 0.5) is 0 Å². The van der Waals surface area contributed by atoms with E-state index in [2.05, 4.69) is 4.90 Å². The standard InChI is InChI=1S/C13H22ClNO2/c1-10-8-11(9-17-10)13(16)15(7-3-6-14)12-4-2-5-12/h10-12H,2-9H2,1H3. The molecule has 17 heavy (non-hydrogen) atoms. The predicted octanol–water partition coefficient (Wildman–Crippen LogP) is 2.42. The molecule has 0 aromatic heterocycles. The lowest BCUT2D eigenvalue weighted by Crippen LogP contribution is -2.47. The van der Waals surface area contributed by atoms with E-state index in [1.54, 1.807) is 0 Å². The summed E-state index contributed by atoms with van der Waals surface area (Å²) >= 11 is 5.74. The zero-order chi connectivity index (χ0) is 12.3. The van der Waals surface area contributed by atoms with Crippen molar-refractivity contribution in [1.82, 2.24) is 4.90 Å². The molecule has 1 aliphatic heterocycles. The molecular formula is C13H22ClNO2. The molecule has 1 saturated carbocycles. The normalized spacial score (nSPS) is 29.1. The van der Waals surface area contributed by atoms with Crippen LogP contribution < -0.4 is 0 Å². The molecule has 0 bridgehead atoms. The van der Waals surface area contributed by atoms with Crippen molar-refractivity contribution in [2.24, 2.45) is 5.92 Å². The number of hydrogen-bond donors (Lipinski definition) is 0. The lowest BCUT2D eigenvalue weighted by molar-refractivity contribution is -0.139. The second-order valence-electron chi connectivity index (χ2n) is 5.24. The highest BCUT2D eigenvalue weighted by molar-refractivity contribution is 6.17. The van der Waals surface area contributed by atoms with Gasteiger partial charge in [0.15, 0.2) is 0 Å². The van der Waals surface area contributed by atoms with Crippen molar-refractivity contribution in [2.75, 3.05) is 19.0 Å². The third kappa shape index (κ3) is 3.14. The van der Waals surface area contributed by atoms with Crippen LogP contribution >= 0.6 is 11.6 Å². The molecule has 3 nitrogen and oxygen atoms in total. The number of amides is 1. The number of alkyl halides is 1. The van der Waals surface area contributed by atoms with Crippen LogP contribution in [0.2, 0.25) is 0 Å². The number of carbonyl (C=O) groups is 1. The largest absolute Gasteiger partial charge is 0.378 e. The lowest BCUT2D eigenvalue weighted by Gasteiger charge is -2.38. The van der Waals surface area contributed by atoms with E-state index >= 15 is 0 Å². The van der Waals surface area contributed by atoms with E-state index in [1.165, 1.54) is 6.42 Å².